The fourth-order valence-electron chi connectivity index (χ4n) is 2.46. The van der Waals surface area contributed by atoms with E-state index in [1.165, 1.54) is 5.56 Å². The fraction of sp³-hybridized carbons (Fsp3) is 0.562. The lowest BCUT2D eigenvalue weighted by molar-refractivity contribution is 0.135. The lowest BCUT2D eigenvalue weighted by Gasteiger charge is -2.34. The highest BCUT2D eigenvalue weighted by Crippen LogP contribution is 2.12. The number of rotatable bonds is 5. The van der Waals surface area contributed by atoms with Gasteiger partial charge in [-0.15, -0.1) is 0 Å². The zero-order valence-corrected chi connectivity index (χ0v) is 14.1. The van der Waals surface area contributed by atoms with Gasteiger partial charge in [0.05, 0.1) is 0 Å². The van der Waals surface area contributed by atoms with Gasteiger partial charge in [0.25, 0.3) is 0 Å². The van der Waals surface area contributed by atoms with Gasteiger partial charge >= 0.3 is 6.03 Å². The number of likely N-dealkylation sites (N-methyl/N-ethyl adjacent to an activating group) is 1. The molecule has 1 aliphatic heterocycles. The number of carbonyl (C=O) groups excluding carboxylic acids is 1. The highest BCUT2D eigenvalue weighted by Gasteiger charge is 2.20. The fourth-order valence-corrected chi connectivity index (χ4v) is 2.58. The van der Waals surface area contributed by atoms with E-state index in [9.17, 15) is 4.79 Å². The third-order valence-electron chi connectivity index (χ3n) is 3.81. The number of hydrogen-bond acceptors (Lipinski definition) is 3. The lowest BCUT2D eigenvalue weighted by Crippen LogP contribution is -2.52. The summed E-state index contributed by atoms with van der Waals surface area (Å²) in [6.45, 7) is 5.84. The summed E-state index contributed by atoms with van der Waals surface area (Å²) in [6.07, 6.45) is 0. The van der Waals surface area contributed by atoms with E-state index >= 15 is 0 Å². The quantitative estimate of drug-likeness (QED) is 0.896. The molecule has 0 radical (unpaired) electrons. The first-order valence-corrected chi connectivity index (χ1v) is 8.06. The van der Waals surface area contributed by atoms with Crippen LogP contribution in [-0.2, 0) is 6.54 Å². The average molecular weight is 325 g/mol. The van der Waals surface area contributed by atoms with Crippen molar-refractivity contribution in [3.8, 4) is 0 Å². The molecule has 0 spiro atoms. The maximum atomic E-state index is 12.0. The standard InChI is InChI=1S/C16H25ClN4O/c1-19(2)8-7-18-16(22)21-11-9-20(10-12-21)13-14-3-5-15(17)6-4-14/h3-6H,7-13H2,1-2H3,(H,18,22). The van der Waals surface area contributed by atoms with Gasteiger partial charge in [-0.25, -0.2) is 4.79 Å². The van der Waals surface area contributed by atoms with Crippen molar-refractivity contribution >= 4 is 17.6 Å². The van der Waals surface area contributed by atoms with Crippen molar-refractivity contribution in [2.45, 2.75) is 6.54 Å². The van der Waals surface area contributed by atoms with Crippen molar-refractivity contribution in [3.63, 3.8) is 0 Å². The highest BCUT2D eigenvalue weighted by molar-refractivity contribution is 6.30. The van der Waals surface area contributed by atoms with Crippen molar-refractivity contribution in [3.05, 3.63) is 34.9 Å². The first-order valence-electron chi connectivity index (χ1n) is 7.69. The van der Waals surface area contributed by atoms with Crippen LogP contribution in [-0.4, -0.2) is 74.1 Å². The Kier molecular flexibility index (Phi) is 6.49. The van der Waals surface area contributed by atoms with Crippen molar-refractivity contribution in [2.24, 2.45) is 0 Å². The smallest absolute Gasteiger partial charge is 0.317 e. The molecule has 0 atom stereocenters. The second-order valence-electron chi connectivity index (χ2n) is 5.92. The number of urea groups is 1. The highest BCUT2D eigenvalue weighted by atomic mass is 35.5. The molecule has 2 rings (SSSR count). The second kappa shape index (κ2) is 8.36. The molecule has 1 aromatic rings. The minimum atomic E-state index is 0.0491. The van der Waals surface area contributed by atoms with Crippen LogP contribution in [0.25, 0.3) is 0 Å². The summed E-state index contributed by atoms with van der Waals surface area (Å²) < 4.78 is 0. The molecule has 1 saturated heterocycles. The van der Waals surface area contributed by atoms with Gasteiger partial charge in [-0.3, -0.25) is 4.90 Å². The molecule has 122 valence electrons. The molecular weight excluding hydrogens is 300 g/mol. The summed E-state index contributed by atoms with van der Waals surface area (Å²) in [4.78, 5) is 18.4. The van der Waals surface area contributed by atoms with Crippen LogP contribution in [0.4, 0.5) is 4.79 Å². The molecule has 0 bridgehead atoms. The number of nitrogens with one attached hydrogen (secondary N) is 1. The summed E-state index contributed by atoms with van der Waals surface area (Å²) in [7, 11) is 4.00. The molecule has 6 heteroatoms. The number of benzene rings is 1. The van der Waals surface area contributed by atoms with E-state index in [1.807, 2.05) is 31.1 Å². The van der Waals surface area contributed by atoms with Gasteiger partial charge in [0.2, 0.25) is 0 Å². The van der Waals surface area contributed by atoms with Gasteiger partial charge in [0.1, 0.15) is 0 Å². The van der Waals surface area contributed by atoms with Gasteiger partial charge in [0.15, 0.2) is 0 Å². The van der Waals surface area contributed by atoms with E-state index in [0.717, 1.165) is 44.3 Å². The Hall–Kier alpha value is -1.30. The van der Waals surface area contributed by atoms with Crippen molar-refractivity contribution in [1.29, 1.82) is 0 Å². The van der Waals surface area contributed by atoms with Crippen LogP contribution >= 0.6 is 11.6 Å². The number of amides is 2. The first-order chi connectivity index (χ1) is 10.5. The van der Waals surface area contributed by atoms with E-state index in [1.54, 1.807) is 0 Å². The van der Waals surface area contributed by atoms with Crippen LogP contribution in [0.1, 0.15) is 5.56 Å². The van der Waals surface area contributed by atoms with Gasteiger partial charge in [0, 0.05) is 50.8 Å². The number of nitrogens with zero attached hydrogens (tertiary/aromatic N) is 3. The summed E-state index contributed by atoms with van der Waals surface area (Å²) in [5, 5.41) is 3.73. The third kappa shape index (κ3) is 5.48. The Morgan fingerprint density at radius 1 is 1.18 bits per heavy atom. The molecule has 5 nitrogen and oxygen atoms in total. The summed E-state index contributed by atoms with van der Waals surface area (Å²) in [6, 6.07) is 8.01. The van der Waals surface area contributed by atoms with Gasteiger partial charge in [-0.05, 0) is 31.8 Å². The van der Waals surface area contributed by atoms with Gasteiger partial charge < -0.3 is 15.1 Å². The molecule has 0 saturated carbocycles. The van der Waals surface area contributed by atoms with E-state index in [4.69, 9.17) is 11.6 Å². The Morgan fingerprint density at radius 2 is 1.82 bits per heavy atom. The van der Waals surface area contributed by atoms with Crippen LogP contribution < -0.4 is 5.32 Å². The Bertz CT molecular complexity index is 470. The number of piperazine rings is 1. The number of halogens is 1. The topological polar surface area (TPSA) is 38.8 Å². The maximum absolute atomic E-state index is 12.0. The zero-order chi connectivity index (χ0) is 15.9. The minimum absolute atomic E-state index is 0.0491. The third-order valence-corrected chi connectivity index (χ3v) is 4.07. The van der Waals surface area contributed by atoms with Crippen molar-refractivity contribution in [2.75, 3.05) is 53.4 Å². The van der Waals surface area contributed by atoms with Crippen LogP contribution in [0.2, 0.25) is 5.02 Å². The predicted octanol–water partition coefficient (Wildman–Crippen LogP) is 1.73. The minimum Gasteiger partial charge on any atom is -0.337 e. The van der Waals surface area contributed by atoms with E-state index < -0.39 is 0 Å². The Morgan fingerprint density at radius 3 is 2.41 bits per heavy atom. The van der Waals surface area contributed by atoms with E-state index in [0.29, 0.717) is 6.54 Å². The zero-order valence-electron chi connectivity index (χ0n) is 13.4. The van der Waals surface area contributed by atoms with Gasteiger partial charge in [-0.2, -0.15) is 0 Å². The number of carbonyl (C=O) groups is 1. The average Bonchev–Trinajstić information content (AvgIpc) is 2.50. The maximum Gasteiger partial charge on any atom is 0.317 e. The molecule has 1 N–H and O–H groups in total. The Labute approximate surface area is 137 Å². The van der Waals surface area contributed by atoms with Gasteiger partial charge in [-0.1, -0.05) is 23.7 Å². The second-order valence-corrected chi connectivity index (χ2v) is 6.36. The molecule has 0 aromatic heterocycles. The molecule has 22 heavy (non-hydrogen) atoms. The van der Waals surface area contributed by atoms with Crippen LogP contribution in [0.15, 0.2) is 24.3 Å². The van der Waals surface area contributed by atoms with Crippen LogP contribution in [0.3, 0.4) is 0 Å². The monoisotopic (exact) mass is 324 g/mol. The Balaban J connectivity index is 1.71. The van der Waals surface area contributed by atoms with Crippen LogP contribution in [0.5, 0.6) is 0 Å². The summed E-state index contributed by atoms with van der Waals surface area (Å²) in [5.74, 6) is 0. The summed E-state index contributed by atoms with van der Waals surface area (Å²) >= 11 is 5.90. The molecule has 1 heterocycles. The molecule has 2 amide bonds. The first kappa shape index (κ1) is 17.1. The van der Waals surface area contributed by atoms with Crippen molar-refractivity contribution in [1.82, 2.24) is 20.0 Å². The molecule has 1 fully saturated rings. The molecule has 0 unspecified atom stereocenters. The summed E-state index contributed by atoms with van der Waals surface area (Å²) in [5.41, 5.74) is 1.26. The molecule has 0 aliphatic carbocycles. The largest absolute Gasteiger partial charge is 0.337 e. The van der Waals surface area contributed by atoms with Crippen molar-refractivity contribution < 1.29 is 4.79 Å². The normalized spacial score (nSPS) is 16.1. The molecule has 1 aromatic carbocycles. The predicted molar refractivity (Wildman–Crippen MR) is 90.3 cm³/mol. The lowest BCUT2D eigenvalue weighted by atomic mass is 10.2. The van der Waals surface area contributed by atoms with E-state index in [2.05, 4.69) is 27.2 Å². The SMILES string of the molecule is CN(C)CCNC(=O)N1CCN(Cc2ccc(Cl)cc2)CC1. The molecular formula is C16H25ClN4O. The van der Waals surface area contributed by atoms with Crippen LogP contribution in [0, 0.1) is 0 Å². The molecule has 1 aliphatic rings. The number of hydrogen-bond donors (Lipinski definition) is 1. The van der Waals surface area contributed by atoms with E-state index in [-0.39, 0.29) is 6.03 Å².